The summed E-state index contributed by atoms with van der Waals surface area (Å²) in [6.45, 7) is 1.79. The summed E-state index contributed by atoms with van der Waals surface area (Å²) in [5.74, 6) is -1.05. The summed E-state index contributed by atoms with van der Waals surface area (Å²) in [5, 5.41) is 6.64. The SMILES string of the molecule is Cc1c([C@@H]2C[C@H](C(=O)Nc3ccc(OC(F)(F)F)cc3)N(C)S(=O)(=O)N2)cnn1C. The molecule has 1 aromatic heterocycles. The lowest BCUT2D eigenvalue weighted by molar-refractivity contribution is -0.274. The molecule has 2 atom stereocenters. The minimum atomic E-state index is -4.82. The van der Waals surface area contributed by atoms with Crippen molar-refractivity contribution < 1.29 is 31.1 Å². The monoisotopic (exact) mass is 447 g/mol. The highest BCUT2D eigenvalue weighted by Crippen LogP contribution is 2.30. The molecule has 1 aliphatic heterocycles. The van der Waals surface area contributed by atoms with Crippen LogP contribution in [0.4, 0.5) is 18.9 Å². The van der Waals surface area contributed by atoms with Crippen LogP contribution in [-0.2, 0) is 22.1 Å². The van der Waals surface area contributed by atoms with Crippen molar-refractivity contribution in [1.29, 1.82) is 0 Å². The van der Waals surface area contributed by atoms with E-state index in [2.05, 4.69) is 19.9 Å². The van der Waals surface area contributed by atoms with Crippen LogP contribution in [0.2, 0.25) is 0 Å². The highest BCUT2D eigenvalue weighted by molar-refractivity contribution is 7.87. The summed E-state index contributed by atoms with van der Waals surface area (Å²) in [7, 11) is -0.941. The zero-order valence-electron chi connectivity index (χ0n) is 16.3. The number of nitrogens with zero attached hydrogens (tertiary/aromatic N) is 3. The van der Waals surface area contributed by atoms with Gasteiger partial charge in [-0.3, -0.25) is 9.48 Å². The van der Waals surface area contributed by atoms with E-state index in [1.807, 2.05) is 0 Å². The maximum Gasteiger partial charge on any atom is 0.573 e. The Kier molecular flexibility index (Phi) is 5.80. The number of amides is 1. The van der Waals surface area contributed by atoms with Crippen LogP contribution < -0.4 is 14.8 Å². The van der Waals surface area contributed by atoms with E-state index in [4.69, 9.17) is 0 Å². The van der Waals surface area contributed by atoms with Crippen molar-refractivity contribution in [3.8, 4) is 5.75 Å². The molecule has 1 saturated heterocycles. The first kappa shape index (κ1) is 22.1. The maximum atomic E-state index is 12.8. The van der Waals surface area contributed by atoms with Crippen LogP contribution in [0.25, 0.3) is 0 Å². The van der Waals surface area contributed by atoms with Crippen molar-refractivity contribution in [1.82, 2.24) is 18.8 Å². The molecule has 0 saturated carbocycles. The van der Waals surface area contributed by atoms with Gasteiger partial charge in [-0.05, 0) is 37.6 Å². The van der Waals surface area contributed by atoms with Gasteiger partial charge in [0, 0.05) is 31.0 Å². The molecule has 0 radical (unpaired) electrons. The Morgan fingerprint density at radius 2 is 1.90 bits per heavy atom. The van der Waals surface area contributed by atoms with E-state index < -0.39 is 40.3 Å². The van der Waals surface area contributed by atoms with Crippen LogP contribution in [0.1, 0.15) is 23.7 Å². The molecule has 1 aromatic carbocycles. The first-order valence-electron chi connectivity index (χ1n) is 8.78. The second kappa shape index (κ2) is 7.89. The minimum Gasteiger partial charge on any atom is -0.406 e. The second-order valence-corrected chi connectivity index (χ2v) is 8.58. The van der Waals surface area contributed by atoms with Crippen LogP contribution in [0.15, 0.2) is 30.5 Å². The predicted molar refractivity (Wildman–Crippen MR) is 101 cm³/mol. The number of benzene rings is 1. The number of carbonyl (C=O) groups excluding carboxylic acids is 1. The van der Waals surface area contributed by atoms with Crippen LogP contribution >= 0.6 is 0 Å². The number of hydrogen-bond acceptors (Lipinski definition) is 5. The van der Waals surface area contributed by atoms with Crippen LogP contribution in [-0.4, -0.2) is 47.9 Å². The molecule has 0 bridgehead atoms. The van der Waals surface area contributed by atoms with Gasteiger partial charge in [0.25, 0.3) is 10.2 Å². The molecule has 2 heterocycles. The van der Waals surface area contributed by atoms with Crippen molar-refractivity contribution in [2.45, 2.75) is 31.8 Å². The Bertz CT molecular complexity index is 1040. The van der Waals surface area contributed by atoms with Crippen LogP contribution in [0.5, 0.6) is 5.75 Å². The van der Waals surface area contributed by atoms with Gasteiger partial charge in [0.2, 0.25) is 5.91 Å². The van der Waals surface area contributed by atoms with Gasteiger partial charge in [0.05, 0.1) is 12.2 Å². The standard InChI is InChI=1S/C17H20F3N5O4S/c1-10-13(9-21-24(10)2)14-8-15(25(3)30(27,28)23-14)16(26)22-11-4-6-12(7-5-11)29-17(18,19)20/h4-7,9,14-15,23H,8H2,1-3H3,(H,22,26)/t14-,15+/m0/s1. The largest absolute Gasteiger partial charge is 0.573 e. The lowest BCUT2D eigenvalue weighted by atomic mass is 10.00. The number of nitrogens with one attached hydrogen (secondary N) is 2. The first-order valence-corrected chi connectivity index (χ1v) is 10.2. The molecule has 9 nitrogen and oxygen atoms in total. The number of aryl methyl sites for hydroxylation is 1. The summed E-state index contributed by atoms with van der Waals surface area (Å²) >= 11 is 0. The summed E-state index contributed by atoms with van der Waals surface area (Å²) in [5.41, 5.74) is 1.61. The Hall–Kier alpha value is -2.64. The molecule has 1 aliphatic rings. The van der Waals surface area contributed by atoms with E-state index in [1.165, 1.54) is 19.2 Å². The highest BCUT2D eigenvalue weighted by Gasteiger charge is 2.41. The Balaban J connectivity index is 1.77. The van der Waals surface area contributed by atoms with Crippen molar-refractivity contribution in [3.05, 3.63) is 41.7 Å². The van der Waals surface area contributed by atoms with Gasteiger partial charge < -0.3 is 10.1 Å². The molecule has 164 valence electrons. The molecule has 13 heteroatoms. The molecule has 1 amide bonds. The maximum absolute atomic E-state index is 12.8. The van der Waals surface area contributed by atoms with Gasteiger partial charge in [-0.1, -0.05) is 0 Å². The Morgan fingerprint density at radius 3 is 2.43 bits per heavy atom. The highest BCUT2D eigenvalue weighted by atomic mass is 32.2. The molecular weight excluding hydrogens is 427 g/mol. The van der Waals surface area contributed by atoms with Crippen molar-refractivity contribution in [3.63, 3.8) is 0 Å². The summed E-state index contributed by atoms with van der Waals surface area (Å²) in [6.07, 6.45) is -3.14. The van der Waals surface area contributed by atoms with Gasteiger partial charge in [-0.15, -0.1) is 13.2 Å². The van der Waals surface area contributed by atoms with E-state index in [0.717, 1.165) is 22.1 Å². The fraction of sp³-hybridized carbons (Fsp3) is 0.412. The quantitative estimate of drug-likeness (QED) is 0.744. The number of anilines is 1. The number of ether oxygens (including phenoxy) is 1. The number of aromatic nitrogens is 2. The molecule has 30 heavy (non-hydrogen) atoms. The molecule has 2 aromatic rings. The lowest BCUT2D eigenvalue weighted by Gasteiger charge is -2.36. The Morgan fingerprint density at radius 1 is 1.27 bits per heavy atom. The van der Waals surface area contributed by atoms with Crippen molar-refractivity contribution in [2.24, 2.45) is 7.05 Å². The molecule has 0 aliphatic carbocycles. The molecule has 0 spiro atoms. The lowest BCUT2D eigenvalue weighted by Crippen LogP contribution is -2.56. The van der Waals surface area contributed by atoms with Gasteiger partial charge in [-0.2, -0.15) is 22.5 Å². The fourth-order valence-corrected chi connectivity index (χ4v) is 4.40. The topological polar surface area (TPSA) is 106 Å². The van der Waals surface area contributed by atoms with Crippen molar-refractivity contribution >= 4 is 21.8 Å². The number of carbonyl (C=O) groups is 1. The molecule has 3 rings (SSSR count). The summed E-state index contributed by atoms with van der Waals surface area (Å²) in [6, 6.07) is 2.88. The normalized spacial score (nSPS) is 21.9. The van der Waals surface area contributed by atoms with Gasteiger partial charge >= 0.3 is 6.36 Å². The van der Waals surface area contributed by atoms with E-state index in [1.54, 1.807) is 24.9 Å². The van der Waals surface area contributed by atoms with Gasteiger partial charge in [0.15, 0.2) is 0 Å². The predicted octanol–water partition coefficient (Wildman–Crippen LogP) is 1.85. The van der Waals surface area contributed by atoms with Crippen molar-refractivity contribution in [2.75, 3.05) is 12.4 Å². The third-order valence-corrected chi connectivity index (χ3v) is 6.47. The van der Waals surface area contributed by atoms with E-state index in [9.17, 15) is 26.4 Å². The average Bonchev–Trinajstić information content (AvgIpc) is 2.96. The van der Waals surface area contributed by atoms with Crippen LogP contribution in [0, 0.1) is 6.92 Å². The second-order valence-electron chi connectivity index (χ2n) is 6.81. The van der Waals surface area contributed by atoms with Crippen LogP contribution in [0.3, 0.4) is 0 Å². The van der Waals surface area contributed by atoms with E-state index >= 15 is 0 Å². The van der Waals surface area contributed by atoms with E-state index in [-0.39, 0.29) is 12.1 Å². The zero-order valence-corrected chi connectivity index (χ0v) is 17.1. The first-order chi connectivity index (χ1) is 13.9. The smallest absolute Gasteiger partial charge is 0.406 e. The zero-order chi connectivity index (χ0) is 22.3. The summed E-state index contributed by atoms with van der Waals surface area (Å²) in [4.78, 5) is 12.8. The third-order valence-electron chi connectivity index (χ3n) is 4.87. The third kappa shape index (κ3) is 4.74. The average molecular weight is 447 g/mol. The number of alkyl halides is 3. The number of rotatable bonds is 4. The van der Waals surface area contributed by atoms with E-state index in [0.29, 0.717) is 5.56 Å². The summed E-state index contributed by atoms with van der Waals surface area (Å²) < 4.78 is 70.6. The number of hydrogen-bond donors (Lipinski definition) is 2. The number of likely N-dealkylation sites (N-methyl/N-ethyl adjacent to an activating group) is 1. The molecular formula is C17H20F3N5O4S. The molecule has 0 unspecified atom stereocenters. The Labute approximate surface area is 171 Å². The molecule has 2 N–H and O–H groups in total. The van der Waals surface area contributed by atoms with Gasteiger partial charge in [0.1, 0.15) is 11.8 Å². The number of halogens is 3. The minimum absolute atomic E-state index is 0.142. The van der Waals surface area contributed by atoms with Gasteiger partial charge in [-0.25, -0.2) is 0 Å². The molecule has 1 fully saturated rings. The fourth-order valence-electron chi connectivity index (χ4n) is 3.14.